The molecule has 0 aromatic heterocycles. The SMILES string of the molecule is Cc1cccc(NC(=O)N2CCN(c3ccc(OC(C)C)cc3)CC2)c1C. The first kappa shape index (κ1) is 19.1. The Morgan fingerprint density at radius 1 is 1.00 bits per heavy atom. The van der Waals surface area contributed by atoms with Crippen LogP contribution in [0.15, 0.2) is 42.5 Å². The van der Waals surface area contributed by atoms with Crippen LogP contribution in [-0.4, -0.2) is 43.2 Å². The zero-order valence-corrected chi connectivity index (χ0v) is 16.7. The molecule has 3 rings (SSSR count). The molecule has 2 amide bonds. The van der Waals surface area contributed by atoms with Crippen molar-refractivity contribution in [1.29, 1.82) is 0 Å². The molecule has 1 heterocycles. The fraction of sp³-hybridized carbons (Fsp3) is 0.409. The van der Waals surface area contributed by atoms with E-state index in [-0.39, 0.29) is 12.1 Å². The van der Waals surface area contributed by atoms with Crippen molar-refractivity contribution in [3.63, 3.8) is 0 Å². The molecule has 5 nitrogen and oxygen atoms in total. The molecule has 1 fully saturated rings. The Morgan fingerprint density at radius 2 is 1.67 bits per heavy atom. The second-order valence-corrected chi connectivity index (χ2v) is 7.31. The first-order chi connectivity index (χ1) is 12.9. The van der Waals surface area contributed by atoms with Crippen LogP contribution in [-0.2, 0) is 0 Å². The van der Waals surface area contributed by atoms with Crippen molar-refractivity contribution < 1.29 is 9.53 Å². The lowest BCUT2D eigenvalue weighted by atomic mass is 10.1. The molecule has 0 saturated carbocycles. The minimum absolute atomic E-state index is 0.0240. The summed E-state index contributed by atoms with van der Waals surface area (Å²) in [6.07, 6.45) is 0.176. The summed E-state index contributed by atoms with van der Waals surface area (Å²) in [6, 6.07) is 14.2. The number of nitrogens with zero attached hydrogens (tertiary/aromatic N) is 2. The van der Waals surface area contributed by atoms with E-state index in [4.69, 9.17) is 4.74 Å². The number of benzene rings is 2. The molecule has 0 unspecified atom stereocenters. The van der Waals surface area contributed by atoms with Crippen molar-refractivity contribution in [3.05, 3.63) is 53.6 Å². The molecule has 27 heavy (non-hydrogen) atoms. The number of amides is 2. The molecule has 0 bridgehead atoms. The number of urea groups is 1. The Morgan fingerprint density at radius 3 is 2.30 bits per heavy atom. The van der Waals surface area contributed by atoms with Gasteiger partial charge in [0.05, 0.1) is 6.10 Å². The Hall–Kier alpha value is -2.69. The minimum atomic E-state index is -0.0240. The van der Waals surface area contributed by atoms with Crippen LogP contribution in [0.5, 0.6) is 5.75 Å². The van der Waals surface area contributed by atoms with Gasteiger partial charge in [0.25, 0.3) is 0 Å². The van der Waals surface area contributed by atoms with Crippen LogP contribution in [0.25, 0.3) is 0 Å². The molecule has 0 atom stereocenters. The lowest BCUT2D eigenvalue weighted by Crippen LogP contribution is -2.50. The van der Waals surface area contributed by atoms with Crippen LogP contribution >= 0.6 is 0 Å². The smallest absolute Gasteiger partial charge is 0.321 e. The molecular formula is C22H29N3O2. The van der Waals surface area contributed by atoms with Crippen LogP contribution in [0, 0.1) is 13.8 Å². The Bertz CT molecular complexity index is 779. The summed E-state index contributed by atoms with van der Waals surface area (Å²) in [6.45, 7) is 11.2. The highest BCUT2D eigenvalue weighted by Crippen LogP contribution is 2.22. The van der Waals surface area contributed by atoms with E-state index in [1.807, 2.05) is 49.9 Å². The molecule has 5 heteroatoms. The summed E-state index contributed by atoms with van der Waals surface area (Å²) in [5.41, 5.74) is 4.36. The Kier molecular flexibility index (Phi) is 5.89. The van der Waals surface area contributed by atoms with Gasteiger partial charge in [0.15, 0.2) is 0 Å². The van der Waals surface area contributed by atoms with E-state index in [0.717, 1.165) is 30.1 Å². The standard InChI is InChI=1S/C22H29N3O2/c1-16(2)27-20-10-8-19(9-11-20)24-12-14-25(15-13-24)22(26)23-21-7-5-6-17(3)18(21)4/h5-11,16H,12-15H2,1-4H3,(H,23,26). The third-order valence-electron chi connectivity index (χ3n) is 4.99. The Labute approximate surface area is 161 Å². The highest BCUT2D eigenvalue weighted by atomic mass is 16.5. The number of hydrogen-bond donors (Lipinski definition) is 1. The molecule has 2 aromatic rings. The predicted octanol–water partition coefficient (Wildman–Crippen LogP) is 4.44. The fourth-order valence-electron chi connectivity index (χ4n) is 3.26. The number of nitrogens with one attached hydrogen (secondary N) is 1. The molecular weight excluding hydrogens is 338 g/mol. The average molecular weight is 367 g/mol. The number of rotatable bonds is 4. The number of aryl methyl sites for hydroxylation is 1. The van der Waals surface area contributed by atoms with Gasteiger partial charge < -0.3 is 19.9 Å². The average Bonchev–Trinajstić information content (AvgIpc) is 2.66. The molecule has 1 saturated heterocycles. The summed E-state index contributed by atoms with van der Waals surface area (Å²) >= 11 is 0. The highest BCUT2D eigenvalue weighted by molar-refractivity contribution is 5.90. The zero-order valence-electron chi connectivity index (χ0n) is 16.7. The van der Waals surface area contributed by atoms with Gasteiger partial charge in [-0.15, -0.1) is 0 Å². The summed E-state index contributed by atoms with van der Waals surface area (Å²) < 4.78 is 5.70. The van der Waals surface area contributed by atoms with Crippen LogP contribution in [0.4, 0.5) is 16.2 Å². The Balaban J connectivity index is 1.55. The zero-order chi connectivity index (χ0) is 19.4. The van der Waals surface area contributed by atoms with Crippen LogP contribution in [0.1, 0.15) is 25.0 Å². The fourth-order valence-corrected chi connectivity index (χ4v) is 3.26. The summed E-state index contributed by atoms with van der Waals surface area (Å²) in [7, 11) is 0. The third kappa shape index (κ3) is 4.73. The van der Waals surface area contributed by atoms with E-state index in [9.17, 15) is 4.79 Å². The molecule has 0 spiro atoms. The van der Waals surface area contributed by atoms with Gasteiger partial charge in [-0.05, 0) is 69.2 Å². The van der Waals surface area contributed by atoms with E-state index in [1.54, 1.807) is 0 Å². The number of piperazine rings is 1. The minimum Gasteiger partial charge on any atom is -0.491 e. The van der Waals surface area contributed by atoms with Gasteiger partial charge in [-0.25, -0.2) is 4.79 Å². The first-order valence-electron chi connectivity index (χ1n) is 9.58. The van der Waals surface area contributed by atoms with E-state index in [1.165, 1.54) is 11.3 Å². The second-order valence-electron chi connectivity index (χ2n) is 7.31. The van der Waals surface area contributed by atoms with Gasteiger partial charge in [0.1, 0.15) is 5.75 Å². The van der Waals surface area contributed by atoms with Gasteiger partial charge in [0, 0.05) is 37.6 Å². The summed E-state index contributed by atoms with van der Waals surface area (Å²) in [5.74, 6) is 0.889. The molecule has 144 valence electrons. The second kappa shape index (κ2) is 8.33. The third-order valence-corrected chi connectivity index (χ3v) is 4.99. The topological polar surface area (TPSA) is 44.8 Å². The number of hydrogen-bond acceptors (Lipinski definition) is 3. The molecule has 1 aliphatic heterocycles. The van der Waals surface area contributed by atoms with Crippen LogP contribution < -0.4 is 15.0 Å². The summed E-state index contributed by atoms with van der Waals surface area (Å²) in [5, 5.41) is 3.05. The molecule has 1 aliphatic rings. The largest absolute Gasteiger partial charge is 0.491 e. The molecule has 1 N–H and O–H groups in total. The maximum absolute atomic E-state index is 12.6. The van der Waals surface area contributed by atoms with Crippen molar-refractivity contribution in [3.8, 4) is 5.75 Å². The van der Waals surface area contributed by atoms with Crippen molar-refractivity contribution in [1.82, 2.24) is 4.90 Å². The molecule has 0 aliphatic carbocycles. The monoisotopic (exact) mass is 367 g/mol. The number of ether oxygens (including phenoxy) is 1. The quantitative estimate of drug-likeness (QED) is 0.869. The highest BCUT2D eigenvalue weighted by Gasteiger charge is 2.21. The normalized spacial score (nSPS) is 14.4. The van der Waals surface area contributed by atoms with Gasteiger partial charge in [0.2, 0.25) is 0 Å². The van der Waals surface area contributed by atoms with Gasteiger partial charge in [-0.1, -0.05) is 12.1 Å². The first-order valence-corrected chi connectivity index (χ1v) is 9.58. The number of carbonyl (C=O) groups is 1. The van der Waals surface area contributed by atoms with Crippen molar-refractivity contribution in [2.24, 2.45) is 0 Å². The van der Waals surface area contributed by atoms with Gasteiger partial charge >= 0.3 is 6.03 Å². The number of anilines is 2. The van der Waals surface area contributed by atoms with E-state index in [2.05, 4.69) is 35.3 Å². The summed E-state index contributed by atoms with van der Waals surface area (Å²) in [4.78, 5) is 16.8. The lowest BCUT2D eigenvalue weighted by molar-refractivity contribution is 0.208. The van der Waals surface area contributed by atoms with Crippen molar-refractivity contribution >= 4 is 17.4 Å². The lowest BCUT2D eigenvalue weighted by Gasteiger charge is -2.36. The van der Waals surface area contributed by atoms with E-state index >= 15 is 0 Å². The van der Waals surface area contributed by atoms with Crippen molar-refractivity contribution in [2.45, 2.75) is 33.8 Å². The van der Waals surface area contributed by atoms with E-state index < -0.39 is 0 Å². The molecule has 2 aromatic carbocycles. The predicted molar refractivity (Wildman–Crippen MR) is 111 cm³/mol. The maximum Gasteiger partial charge on any atom is 0.321 e. The molecule has 0 radical (unpaired) electrons. The number of carbonyl (C=O) groups excluding carboxylic acids is 1. The van der Waals surface area contributed by atoms with E-state index in [0.29, 0.717) is 13.1 Å². The van der Waals surface area contributed by atoms with Gasteiger partial charge in [-0.3, -0.25) is 0 Å². The van der Waals surface area contributed by atoms with Crippen LogP contribution in [0.3, 0.4) is 0 Å². The van der Waals surface area contributed by atoms with Crippen LogP contribution in [0.2, 0.25) is 0 Å². The van der Waals surface area contributed by atoms with Gasteiger partial charge in [-0.2, -0.15) is 0 Å². The maximum atomic E-state index is 12.6. The van der Waals surface area contributed by atoms with Crippen molar-refractivity contribution in [2.75, 3.05) is 36.4 Å².